The highest BCUT2D eigenvalue weighted by atomic mass is 32.1. The Morgan fingerprint density at radius 2 is 1.85 bits per heavy atom. The van der Waals surface area contributed by atoms with Crippen molar-refractivity contribution in [2.24, 2.45) is 0 Å². The van der Waals surface area contributed by atoms with Crippen molar-refractivity contribution in [3.05, 3.63) is 91.8 Å². The van der Waals surface area contributed by atoms with Gasteiger partial charge in [-0.15, -0.1) is 11.3 Å². The van der Waals surface area contributed by atoms with Gasteiger partial charge in [0.2, 0.25) is 5.43 Å². The lowest BCUT2D eigenvalue weighted by molar-refractivity contribution is 0.0934. The Kier molecular flexibility index (Phi) is 9.12. The number of benzene rings is 1. The molecule has 0 aliphatic carbocycles. The van der Waals surface area contributed by atoms with E-state index in [0.717, 1.165) is 4.88 Å². The standard InChI is InChI=1S/C25H28FN3O4S/c1-3-21(22-9-6-14-34-22)28-25(32)19-16-29(12-13-33-2)15-18(23(19)30)24(31)27-11-10-17-7-4-5-8-20(17)26/h4-9,14-16,21H,3,10-13H2,1-2H3,(H,27,31)(H,28,32)/t21-/m0/s1. The van der Waals surface area contributed by atoms with Gasteiger partial charge in [0.1, 0.15) is 16.9 Å². The molecule has 0 fully saturated rings. The van der Waals surface area contributed by atoms with Gasteiger partial charge < -0.3 is 19.9 Å². The van der Waals surface area contributed by atoms with Crippen molar-refractivity contribution in [1.82, 2.24) is 15.2 Å². The zero-order chi connectivity index (χ0) is 24.5. The molecule has 0 radical (unpaired) electrons. The Labute approximate surface area is 201 Å². The number of rotatable bonds is 11. The number of nitrogens with one attached hydrogen (secondary N) is 2. The van der Waals surface area contributed by atoms with Crippen LogP contribution in [0.25, 0.3) is 0 Å². The number of aromatic nitrogens is 1. The molecule has 0 saturated carbocycles. The lowest BCUT2D eigenvalue weighted by Crippen LogP contribution is -2.37. The van der Waals surface area contributed by atoms with Crippen molar-refractivity contribution in [3.63, 3.8) is 0 Å². The summed E-state index contributed by atoms with van der Waals surface area (Å²) in [6.45, 7) is 2.78. The van der Waals surface area contributed by atoms with Crippen LogP contribution in [0.4, 0.5) is 4.39 Å². The summed E-state index contributed by atoms with van der Waals surface area (Å²) in [6, 6.07) is 9.90. The van der Waals surface area contributed by atoms with E-state index in [1.54, 1.807) is 29.9 Å². The molecule has 0 spiro atoms. The highest BCUT2D eigenvalue weighted by Crippen LogP contribution is 2.22. The van der Waals surface area contributed by atoms with Crippen LogP contribution in [0.1, 0.15) is 50.5 Å². The molecule has 0 aliphatic rings. The zero-order valence-electron chi connectivity index (χ0n) is 19.2. The molecule has 3 aromatic rings. The summed E-state index contributed by atoms with van der Waals surface area (Å²) < 4.78 is 20.5. The van der Waals surface area contributed by atoms with E-state index in [4.69, 9.17) is 4.74 Å². The second kappa shape index (κ2) is 12.2. The largest absolute Gasteiger partial charge is 0.383 e. The first-order valence-corrected chi connectivity index (χ1v) is 11.9. The summed E-state index contributed by atoms with van der Waals surface area (Å²) in [5.41, 5.74) is -0.461. The van der Waals surface area contributed by atoms with Crippen LogP contribution in [-0.2, 0) is 17.7 Å². The molecule has 1 aromatic carbocycles. The fourth-order valence-corrected chi connectivity index (χ4v) is 4.35. The van der Waals surface area contributed by atoms with Crippen molar-refractivity contribution in [3.8, 4) is 0 Å². The first-order valence-electron chi connectivity index (χ1n) is 11.0. The number of amides is 2. The van der Waals surface area contributed by atoms with E-state index in [9.17, 15) is 18.8 Å². The zero-order valence-corrected chi connectivity index (χ0v) is 20.0. The number of thiophene rings is 1. The van der Waals surface area contributed by atoms with Crippen molar-refractivity contribution in [1.29, 1.82) is 0 Å². The Morgan fingerprint density at radius 3 is 2.50 bits per heavy atom. The molecule has 0 unspecified atom stereocenters. The Bertz CT molecular complexity index is 1180. The monoisotopic (exact) mass is 485 g/mol. The third-order valence-corrected chi connectivity index (χ3v) is 6.35. The molecule has 2 heterocycles. The molecule has 3 rings (SSSR count). The molecule has 0 aliphatic heterocycles. The number of nitrogens with zero attached hydrogens (tertiary/aromatic N) is 1. The first kappa shape index (κ1) is 25.3. The van der Waals surface area contributed by atoms with Crippen LogP contribution < -0.4 is 16.1 Å². The SMILES string of the molecule is CC[C@H](NC(=O)c1cn(CCOC)cc(C(=O)NCCc2ccccc2F)c1=O)c1cccs1. The minimum absolute atomic E-state index is 0.118. The fraction of sp³-hybridized carbons (Fsp3) is 0.320. The number of halogens is 1. The van der Waals surface area contributed by atoms with Gasteiger partial charge in [0.25, 0.3) is 11.8 Å². The summed E-state index contributed by atoms with van der Waals surface area (Å²) in [4.78, 5) is 40.0. The van der Waals surface area contributed by atoms with Crippen LogP contribution >= 0.6 is 11.3 Å². The molecule has 2 N–H and O–H groups in total. The Hall–Kier alpha value is -3.30. The molecular weight excluding hydrogens is 457 g/mol. The van der Waals surface area contributed by atoms with Crippen LogP contribution in [0.3, 0.4) is 0 Å². The molecule has 2 aromatic heterocycles. The lowest BCUT2D eigenvalue weighted by atomic mass is 10.1. The maximum atomic E-state index is 13.8. The number of hydrogen-bond acceptors (Lipinski definition) is 5. The predicted molar refractivity (Wildman–Crippen MR) is 130 cm³/mol. The van der Waals surface area contributed by atoms with Gasteiger partial charge in [-0.1, -0.05) is 31.2 Å². The molecule has 0 saturated heterocycles. The lowest BCUT2D eigenvalue weighted by Gasteiger charge is -2.17. The van der Waals surface area contributed by atoms with Crippen molar-refractivity contribution < 1.29 is 18.7 Å². The van der Waals surface area contributed by atoms with Gasteiger partial charge in [0.15, 0.2) is 0 Å². The topological polar surface area (TPSA) is 89.4 Å². The van der Waals surface area contributed by atoms with Crippen LogP contribution in [0, 0.1) is 5.82 Å². The van der Waals surface area contributed by atoms with Crippen LogP contribution in [0.15, 0.2) is 59.0 Å². The molecule has 180 valence electrons. The molecule has 1 atom stereocenters. The quantitative estimate of drug-likeness (QED) is 0.435. The van der Waals surface area contributed by atoms with Crippen molar-refractivity contribution in [2.45, 2.75) is 32.4 Å². The second-order valence-corrected chi connectivity index (χ2v) is 8.67. The van der Waals surface area contributed by atoms with Gasteiger partial charge in [0, 0.05) is 37.5 Å². The second-order valence-electron chi connectivity index (χ2n) is 7.69. The van der Waals surface area contributed by atoms with Crippen LogP contribution in [0.5, 0.6) is 0 Å². The molecule has 34 heavy (non-hydrogen) atoms. The maximum absolute atomic E-state index is 13.8. The minimum atomic E-state index is -0.657. The number of hydrogen-bond donors (Lipinski definition) is 2. The number of carbonyl (C=O) groups is 2. The van der Waals surface area contributed by atoms with E-state index < -0.39 is 17.2 Å². The Balaban J connectivity index is 1.81. The number of methoxy groups -OCH3 is 1. The summed E-state index contributed by atoms with van der Waals surface area (Å²) >= 11 is 1.52. The van der Waals surface area contributed by atoms with E-state index in [0.29, 0.717) is 25.1 Å². The smallest absolute Gasteiger partial charge is 0.257 e. The van der Waals surface area contributed by atoms with E-state index in [1.807, 2.05) is 24.4 Å². The average Bonchev–Trinajstić information content (AvgIpc) is 3.37. The highest BCUT2D eigenvalue weighted by Gasteiger charge is 2.22. The van der Waals surface area contributed by atoms with E-state index in [1.165, 1.54) is 29.8 Å². The number of ether oxygens (including phenoxy) is 1. The first-order chi connectivity index (χ1) is 16.4. The molecular formula is C25H28FN3O4S. The molecule has 7 nitrogen and oxygen atoms in total. The van der Waals surface area contributed by atoms with Gasteiger partial charge in [-0.25, -0.2) is 4.39 Å². The van der Waals surface area contributed by atoms with E-state index in [-0.39, 0.29) is 36.0 Å². The summed E-state index contributed by atoms with van der Waals surface area (Å²) in [5, 5.41) is 7.48. The van der Waals surface area contributed by atoms with Gasteiger partial charge in [-0.05, 0) is 35.9 Å². The normalized spacial score (nSPS) is 11.7. The van der Waals surface area contributed by atoms with Gasteiger partial charge in [-0.3, -0.25) is 14.4 Å². The van der Waals surface area contributed by atoms with Crippen LogP contribution in [-0.4, -0.2) is 36.6 Å². The molecule has 2 amide bonds. The maximum Gasteiger partial charge on any atom is 0.257 e. The summed E-state index contributed by atoms with van der Waals surface area (Å²) in [5.74, 6) is -1.52. The predicted octanol–water partition coefficient (Wildman–Crippen LogP) is 3.55. The van der Waals surface area contributed by atoms with Crippen LogP contribution in [0.2, 0.25) is 0 Å². The highest BCUT2D eigenvalue weighted by molar-refractivity contribution is 7.10. The fourth-order valence-electron chi connectivity index (χ4n) is 3.49. The third kappa shape index (κ3) is 6.39. The van der Waals surface area contributed by atoms with Crippen molar-refractivity contribution in [2.75, 3.05) is 20.3 Å². The van der Waals surface area contributed by atoms with Crippen molar-refractivity contribution >= 4 is 23.2 Å². The summed E-state index contributed by atoms with van der Waals surface area (Å²) in [7, 11) is 1.54. The van der Waals surface area contributed by atoms with E-state index in [2.05, 4.69) is 10.6 Å². The number of pyridine rings is 1. The van der Waals surface area contributed by atoms with Gasteiger partial charge >= 0.3 is 0 Å². The third-order valence-electron chi connectivity index (χ3n) is 5.36. The number of carbonyl (C=O) groups excluding carboxylic acids is 2. The summed E-state index contributed by atoms with van der Waals surface area (Å²) in [6.07, 6.45) is 3.77. The minimum Gasteiger partial charge on any atom is -0.383 e. The average molecular weight is 486 g/mol. The van der Waals surface area contributed by atoms with E-state index >= 15 is 0 Å². The van der Waals surface area contributed by atoms with Gasteiger partial charge in [0.05, 0.1) is 12.6 Å². The Morgan fingerprint density at radius 1 is 1.12 bits per heavy atom. The van der Waals surface area contributed by atoms with Gasteiger partial charge in [-0.2, -0.15) is 0 Å². The molecule has 0 bridgehead atoms. The molecule has 9 heteroatoms.